The molecule has 0 aliphatic carbocycles. The Morgan fingerprint density at radius 2 is 1.80 bits per heavy atom. The van der Waals surface area contributed by atoms with Crippen molar-refractivity contribution in [1.29, 1.82) is 0 Å². The van der Waals surface area contributed by atoms with Gasteiger partial charge >= 0.3 is 5.97 Å². The van der Waals surface area contributed by atoms with Crippen LogP contribution >= 0.6 is 0 Å². The minimum absolute atomic E-state index is 0.357. The zero-order valence-electron chi connectivity index (χ0n) is 24.3. The molecule has 214 valence electrons. The van der Waals surface area contributed by atoms with Gasteiger partial charge in [-0.1, -0.05) is 36.4 Å². The van der Waals surface area contributed by atoms with Gasteiger partial charge < -0.3 is 25.2 Å². The van der Waals surface area contributed by atoms with Crippen molar-refractivity contribution in [2.45, 2.75) is 65.1 Å². The first-order chi connectivity index (χ1) is 19.5. The van der Waals surface area contributed by atoms with Crippen molar-refractivity contribution >= 4 is 23.3 Å². The van der Waals surface area contributed by atoms with Gasteiger partial charge in [0.15, 0.2) is 11.5 Å². The Labute approximate surface area is 240 Å². The maximum atomic E-state index is 13.0. The van der Waals surface area contributed by atoms with E-state index in [4.69, 9.17) is 19.6 Å². The lowest BCUT2D eigenvalue weighted by Gasteiger charge is -2.31. The Morgan fingerprint density at radius 3 is 2.51 bits per heavy atom. The van der Waals surface area contributed by atoms with Crippen molar-refractivity contribution in [2.75, 3.05) is 18.5 Å². The number of aliphatic carboxylic acids is 1. The molecule has 2 aliphatic rings. The third-order valence-electron chi connectivity index (χ3n) is 7.24. The predicted octanol–water partition coefficient (Wildman–Crippen LogP) is 5.40. The normalized spacial score (nSPS) is 16.1. The van der Waals surface area contributed by atoms with Gasteiger partial charge in [0.2, 0.25) is 0 Å². The summed E-state index contributed by atoms with van der Waals surface area (Å²) >= 11 is 0. The Hall–Kier alpha value is -4.33. The van der Waals surface area contributed by atoms with Gasteiger partial charge in [0.25, 0.3) is 5.91 Å². The third-order valence-corrected chi connectivity index (χ3v) is 7.24. The van der Waals surface area contributed by atoms with Crippen LogP contribution in [-0.2, 0) is 24.2 Å². The molecule has 0 saturated carbocycles. The van der Waals surface area contributed by atoms with Gasteiger partial charge in [0, 0.05) is 35.3 Å². The quantitative estimate of drug-likeness (QED) is 0.326. The van der Waals surface area contributed by atoms with Crippen LogP contribution in [0.15, 0.2) is 59.6 Å². The number of carbonyl (C=O) groups is 2. The Kier molecular flexibility index (Phi) is 7.51. The molecule has 3 aromatic carbocycles. The molecule has 0 fully saturated rings. The van der Waals surface area contributed by atoms with Crippen LogP contribution in [0, 0.1) is 0 Å². The van der Waals surface area contributed by atoms with E-state index < -0.39 is 18.4 Å². The molecule has 5 rings (SSSR count). The number of rotatable bonds is 9. The number of aliphatic imine (C=N–C) groups is 1. The van der Waals surface area contributed by atoms with Crippen molar-refractivity contribution in [3.63, 3.8) is 0 Å². The molecule has 0 spiro atoms. The van der Waals surface area contributed by atoms with Crippen LogP contribution in [-0.4, -0.2) is 47.0 Å². The summed E-state index contributed by atoms with van der Waals surface area (Å²) in [7, 11) is 0. The lowest BCUT2D eigenvalue weighted by atomic mass is 9.80. The van der Waals surface area contributed by atoms with Crippen molar-refractivity contribution in [1.82, 2.24) is 5.32 Å². The molecule has 2 aliphatic heterocycles. The van der Waals surface area contributed by atoms with E-state index in [1.54, 1.807) is 6.07 Å². The number of anilines is 1. The van der Waals surface area contributed by atoms with Crippen LogP contribution < -0.4 is 20.1 Å². The van der Waals surface area contributed by atoms with Crippen LogP contribution in [0.1, 0.15) is 72.8 Å². The maximum Gasteiger partial charge on any atom is 0.322 e. The number of nitrogens with one attached hydrogen (secondary N) is 2. The summed E-state index contributed by atoms with van der Waals surface area (Å²) in [5.74, 6) is -0.0255. The second kappa shape index (κ2) is 10.9. The van der Waals surface area contributed by atoms with Gasteiger partial charge in [-0.15, -0.1) is 0 Å². The van der Waals surface area contributed by atoms with Gasteiger partial charge in [0.05, 0.1) is 23.4 Å². The molecule has 2 heterocycles. The number of fused-ring (bicyclic) bond motifs is 3. The van der Waals surface area contributed by atoms with Crippen molar-refractivity contribution in [3.8, 4) is 11.5 Å². The van der Waals surface area contributed by atoms with Gasteiger partial charge in [-0.25, -0.2) is 0 Å². The predicted molar refractivity (Wildman–Crippen MR) is 160 cm³/mol. The standard InChI is InChI=1S/C33H37N3O5/c1-6-40-26-15-22-16-32(2,3)36-29(28(22)24-17-33(4,5)41-30(24)26)21-12-13-23(31(39)35-19-27(37)38)25(14-21)34-18-20-10-8-7-9-11-20/h7-15,34H,6,16-19H2,1-5H3,(H,35,39)(H,37,38). The minimum atomic E-state index is -1.10. The SMILES string of the molecule is CCOc1cc2c(c3c1OC(C)(C)C3)C(c1ccc(C(=O)NCC(=O)O)c(NCc3ccccc3)c1)=NC(C)(C)C2. The topological polar surface area (TPSA) is 109 Å². The molecule has 0 aromatic heterocycles. The number of benzene rings is 3. The number of amides is 1. The summed E-state index contributed by atoms with van der Waals surface area (Å²) in [5, 5.41) is 15.0. The number of ether oxygens (including phenoxy) is 2. The first kappa shape index (κ1) is 28.2. The van der Waals surface area contributed by atoms with E-state index in [0.717, 1.165) is 57.9 Å². The van der Waals surface area contributed by atoms with E-state index >= 15 is 0 Å². The van der Waals surface area contributed by atoms with Crippen molar-refractivity contribution in [2.24, 2.45) is 4.99 Å². The van der Waals surface area contributed by atoms with Crippen LogP contribution in [0.5, 0.6) is 11.5 Å². The molecule has 0 saturated heterocycles. The summed E-state index contributed by atoms with van der Waals surface area (Å²) in [6.45, 7) is 10.9. The molecule has 0 bridgehead atoms. The summed E-state index contributed by atoms with van der Waals surface area (Å²) in [5.41, 5.74) is 6.29. The highest BCUT2D eigenvalue weighted by atomic mass is 16.5. The summed E-state index contributed by atoms with van der Waals surface area (Å²) < 4.78 is 12.4. The lowest BCUT2D eigenvalue weighted by molar-refractivity contribution is -0.135. The van der Waals surface area contributed by atoms with E-state index in [1.807, 2.05) is 49.4 Å². The number of carbonyl (C=O) groups excluding carboxylic acids is 1. The van der Waals surface area contributed by atoms with Crippen molar-refractivity contribution in [3.05, 3.63) is 88.0 Å². The lowest BCUT2D eigenvalue weighted by Crippen LogP contribution is -2.31. The van der Waals surface area contributed by atoms with Crippen molar-refractivity contribution < 1.29 is 24.2 Å². The minimum Gasteiger partial charge on any atom is -0.490 e. The van der Waals surface area contributed by atoms with Gasteiger partial charge in [0.1, 0.15) is 12.1 Å². The van der Waals surface area contributed by atoms with Crippen LogP contribution in [0.3, 0.4) is 0 Å². The van der Waals surface area contributed by atoms with Crippen LogP contribution in [0.4, 0.5) is 5.69 Å². The molecule has 0 unspecified atom stereocenters. The maximum absolute atomic E-state index is 13.0. The number of hydrogen-bond donors (Lipinski definition) is 3. The van der Waals surface area contributed by atoms with E-state index in [2.05, 4.69) is 44.4 Å². The highest BCUT2D eigenvalue weighted by Crippen LogP contribution is 2.48. The van der Waals surface area contributed by atoms with E-state index in [-0.39, 0.29) is 11.1 Å². The molecular weight excluding hydrogens is 518 g/mol. The second-order valence-electron chi connectivity index (χ2n) is 11.8. The number of hydrogen-bond acceptors (Lipinski definition) is 6. The average molecular weight is 556 g/mol. The molecule has 3 N–H and O–H groups in total. The monoisotopic (exact) mass is 555 g/mol. The van der Waals surface area contributed by atoms with Crippen LogP contribution in [0.25, 0.3) is 0 Å². The van der Waals surface area contributed by atoms with E-state index in [1.165, 1.54) is 0 Å². The average Bonchev–Trinajstić information content (AvgIpc) is 3.25. The Balaban J connectivity index is 1.62. The van der Waals surface area contributed by atoms with Gasteiger partial charge in [-0.2, -0.15) is 0 Å². The van der Waals surface area contributed by atoms with Gasteiger partial charge in [-0.3, -0.25) is 14.6 Å². The highest BCUT2D eigenvalue weighted by Gasteiger charge is 2.40. The number of nitrogens with zero attached hydrogens (tertiary/aromatic N) is 1. The van der Waals surface area contributed by atoms with E-state index in [0.29, 0.717) is 24.4 Å². The number of carboxylic acid groups (broad SMARTS) is 1. The zero-order chi connectivity index (χ0) is 29.4. The fourth-order valence-corrected chi connectivity index (χ4v) is 5.62. The molecule has 0 radical (unpaired) electrons. The van der Waals surface area contributed by atoms with Crippen LogP contribution in [0.2, 0.25) is 0 Å². The summed E-state index contributed by atoms with van der Waals surface area (Å²) in [6, 6.07) is 17.5. The zero-order valence-corrected chi connectivity index (χ0v) is 24.3. The first-order valence-corrected chi connectivity index (χ1v) is 14.0. The second-order valence-corrected chi connectivity index (χ2v) is 11.8. The Bertz CT molecular complexity index is 1530. The third kappa shape index (κ3) is 6.06. The molecule has 1 amide bonds. The molecule has 8 heteroatoms. The van der Waals surface area contributed by atoms with E-state index in [9.17, 15) is 9.59 Å². The first-order valence-electron chi connectivity index (χ1n) is 14.0. The Morgan fingerprint density at radius 1 is 1.05 bits per heavy atom. The molecular formula is C33H37N3O5. The molecule has 41 heavy (non-hydrogen) atoms. The number of carboxylic acids is 1. The van der Waals surface area contributed by atoms with Gasteiger partial charge in [-0.05, 0) is 70.4 Å². The summed E-state index contributed by atoms with van der Waals surface area (Å²) in [4.78, 5) is 29.4. The smallest absolute Gasteiger partial charge is 0.322 e. The molecule has 0 atom stereocenters. The fourth-order valence-electron chi connectivity index (χ4n) is 5.62. The molecule has 8 nitrogen and oxygen atoms in total. The highest BCUT2D eigenvalue weighted by molar-refractivity contribution is 6.17. The largest absolute Gasteiger partial charge is 0.490 e. The summed E-state index contributed by atoms with van der Waals surface area (Å²) in [6.07, 6.45) is 1.48. The molecule has 3 aromatic rings. The fraction of sp³-hybridized carbons (Fsp3) is 0.364.